The standard InChI is InChI=1S/C70H136O17P2/c1-9-62(7)48-40-32-24-18-15-16-20-26-36-44-52-69(74)86-65(56-80-67(72)50-42-34-25-19-14-12-11-13-17-22-30-38-46-60(3)4)58-84-88(76,77)82-54-64(71)55-83-89(78,79)85-59-66(87-70(75)53-45-37-27-21-23-31-39-47-61(5)6)57-81-68(73)51-43-35-29-28-33-41-49-63(8)10-2/h60-66,71H,9-59H2,1-8H3,(H,76,77)(H,78,79)/t62?,63?,64-,65-,66-/m1/s1. The highest BCUT2D eigenvalue weighted by Gasteiger charge is 2.30. The van der Waals surface area contributed by atoms with Crippen molar-refractivity contribution in [2.75, 3.05) is 39.6 Å². The predicted molar refractivity (Wildman–Crippen MR) is 358 cm³/mol. The molecule has 0 aromatic heterocycles. The summed E-state index contributed by atoms with van der Waals surface area (Å²) in [5, 5.41) is 10.6. The largest absolute Gasteiger partial charge is 0.472 e. The summed E-state index contributed by atoms with van der Waals surface area (Å²) < 4.78 is 68.3. The average Bonchev–Trinajstić information content (AvgIpc) is 3.70. The zero-order valence-corrected chi connectivity index (χ0v) is 59.8. The van der Waals surface area contributed by atoms with Gasteiger partial charge < -0.3 is 33.8 Å². The Kier molecular flexibility index (Phi) is 58.5. The van der Waals surface area contributed by atoms with Gasteiger partial charge in [-0.25, -0.2) is 9.13 Å². The summed E-state index contributed by atoms with van der Waals surface area (Å²) in [5.74, 6) is 0.879. The topological polar surface area (TPSA) is 237 Å². The van der Waals surface area contributed by atoms with E-state index in [0.29, 0.717) is 31.6 Å². The number of aliphatic hydroxyl groups excluding tert-OH is 1. The average molecular weight is 1310 g/mol. The number of esters is 4. The highest BCUT2D eigenvalue weighted by Crippen LogP contribution is 2.45. The maximum atomic E-state index is 13.0. The molecule has 0 radical (unpaired) electrons. The first-order chi connectivity index (χ1) is 42.7. The Balaban J connectivity index is 5.26. The van der Waals surface area contributed by atoms with Crippen LogP contribution in [0, 0.1) is 23.7 Å². The molecule has 0 aliphatic heterocycles. The lowest BCUT2D eigenvalue weighted by molar-refractivity contribution is -0.161. The molecule has 0 aliphatic rings. The first-order valence-electron chi connectivity index (χ1n) is 36.3. The van der Waals surface area contributed by atoms with Crippen molar-refractivity contribution in [3.63, 3.8) is 0 Å². The molecule has 89 heavy (non-hydrogen) atoms. The van der Waals surface area contributed by atoms with Gasteiger partial charge in [-0.3, -0.25) is 37.3 Å². The molecule has 528 valence electrons. The minimum atomic E-state index is -4.95. The van der Waals surface area contributed by atoms with Crippen molar-refractivity contribution in [1.29, 1.82) is 0 Å². The Morgan fingerprint density at radius 3 is 0.798 bits per heavy atom. The van der Waals surface area contributed by atoms with Crippen LogP contribution in [-0.2, 0) is 65.4 Å². The number of unbranched alkanes of at least 4 members (excludes halogenated alkanes) is 31. The van der Waals surface area contributed by atoms with Crippen LogP contribution < -0.4 is 0 Å². The van der Waals surface area contributed by atoms with Crippen LogP contribution in [0.2, 0.25) is 0 Å². The van der Waals surface area contributed by atoms with Crippen LogP contribution in [0.3, 0.4) is 0 Å². The molecule has 17 nitrogen and oxygen atoms in total. The zero-order chi connectivity index (χ0) is 66.1. The van der Waals surface area contributed by atoms with Gasteiger partial charge in [0.1, 0.15) is 19.3 Å². The fraction of sp³-hybridized carbons (Fsp3) is 0.943. The Morgan fingerprint density at radius 2 is 0.539 bits per heavy atom. The molecular weight excluding hydrogens is 1170 g/mol. The monoisotopic (exact) mass is 1310 g/mol. The molecule has 0 aromatic rings. The van der Waals surface area contributed by atoms with Crippen LogP contribution in [0.25, 0.3) is 0 Å². The van der Waals surface area contributed by atoms with Crippen LogP contribution in [0.5, 0.6) is 0 Å². The Hall–Kier alpha value is -1.94. The van der Waals surface area contributed by atoms with Crippen molar-refractivity contribution in [3.05, 3.63) is 0 Å². The van der Waals surface area contributed by atoms with Gasteiger partial charge in [-0.2, -0.15) is 0 Å². The van der Waals surface area contributed by atoms with Crippen molar-refractivity contribution in [2.45, 2.75) is 363 Å². The number of rotatable bonds is 67. The van der Waals surface area contributed by atoms with Crippen molar-refractivity contribution in [1.82, 2.24) is 0 Å². The first kappa shape index (κ1) is 87.1. The van der Waals surface area contributed by atoms with E-state index in [-0.39, 0.29) is 25.7 Å². The summed E-state index contributed by atoms with van der Waals surface area (Å²) in [6.07, 6.45) is 41.7. The summed E-state index contributed by atoms with van der Waals surface area (Å²) in [5.41, 5.74) is 0. The molecule has 0 heterocycles. The van der Waals surface area contributed by atoms with Gasteiger partial charge in [-0.15, -0.1) is 0 Å². The van der Waals surface area contributed by atoms with E-state index in [1.165, 1.54) is 141 Å². The fourth-order valence-corrected chi connectivity index (χ4v) is 12.0. The molecule has 0 spiro atoms. The lowest BCUT2D eigenvalue weighted by Crippen LogP contribution is -2.30. The van der Waals surface area contributed by atoms with Crippen molar-refractivity contribution in [2.24, 2.45) is 23.7 Å². The van der Waals surface area contributed by atoms with Gasteiger partial charge in [-0.05, 0) is 49.4 Å². The second kappa shape index (κ2) is 59.8. The molecule has 0 aromatic carbocycles. The molecule has 0 bridgehead atoms. The molecule has 0 rings (SSSR count). The van der Waals surface area contributed by atoms with Crippen molar-refractivity contribution in [3.8, 4) is 0 Å². The van der Waals surface area contributed by atoms with E-state index in [2.05, 4.69) is 55.4 Å². The number of ether oxygens (including phenoxy) is 4. The highest BCUT2D eigenvalue weighted by atomic mass is 31.2. The molecule has 0 saturated carbocycles. The Bertz CT molecular complexity index is 1770. The van der Waals surface area contributed by atoms with Crippen molar-refractivity contribution < 1.29 is 80.2 Å². The van der Waals surface area contributed by atoms with Crippen LogP contribution in [0.1, 0.15) is 344 Å². The zero-order valence-electron chi connectivity index (χ0n) is 58.1. The minimum absolute atomic E-state index is 0.102. The smallest absolute Gasteiger partial charge is 0.462 e. The number of hydrogen-bond donors (Lipinski definition) is 3. The van der Waals surface area contributed by atoms with E-state index in [1.807, 2.05) is 0 Å². The fourth-order valence-electron chi connectivity index (χ4n) is 10.4. The maximum absolute atomic E-state index is 13.0. The molecule has 4 unspecified atom stereocenters. The third kappa shape index (κ3) is 62.0. The summed E-state index contributed by atoms with van der Waals surface area (Å²) in [4.78, 5) is 72.5. The first-order valence-corrected chi connectivity index (χ1v) is 39.3. The number of carbonyl (C=O) groups is 4. The quantitative estimate of drug-likeness (QED) is 0.0222. The number of phosphoric acid groups is 2. The third-order valence-electron chi connectivity index (χ3n) is 16.8. The molecule has 3 N–H and O–H groups in total. The van der Waals surface area contributed by atoms with E-state index < -0.39 is 97.5 Å². The van der Waals surface area contributed by atoms with Gasteiger partial charge in [-0.1, -0.05) is 293 Å². The van der Waals surface area contributed by atoms with E-state index in [4.69, 9.17) is 37.0 Å². The third-order valence-corrected chi connectivity index (χ3v) is 18.7. The maximum Gasteiger partial charge on any atom is 0.472 e. The SMILES string of the molecule is CCC(C)CCCCCCCCCCCCC(=O)O[C@H](COC(=O)CCCCCCCCCCCCCCC(C)C)COP(=O)(O)OC[C@@H](O)COP(=O)(O)OC[C@@H](COC(=O)CCCCCCCCC(C)CC)OC(=O)CCCCCCCCCC(C)C. The van der Waals surface area contributed by atoms with Gasteiger partial charge in [0.15, 0.2) is 12.2 Å². The number of aliphatic hydroxyl groups is 1. The van der Waals surface area contributed by atoms with E-state index >= 15 is 0 Å². The van der Waals surface area contributed by atoms with E-state index in [9.17, 15) is 43.2 Å². The molecule has 0 saturated heterocycles. The second-order valence-corrected chi connectivity index (χ2v) is 29.6. The Labute approximate surface area is 543 Å². The molecule has 0 aliphatic carbocycles. The summed E-state index contributed by atoms with van der Waals surface area (Å²) >= 11 is 0. The van der Waals surface area contributed by atoms with Gasteiger partial charge in [0.05, 0.1) is 26.4 Å². The highest BCUT2D eigenvalue weighted by molar-refractivity contribution is 7.47. The summed E-state index contributed by atoms with van der Waals surface area (Å²) in [6, 6.07) is 0. The summed E-state index contributed by atoms with van der Waals surface area (Å²) in [7, 11) is -9.90. The van der Waals surface area contributed by atoms with E-state index in [1.54, 1.807) is 0 Å². The van der Waals surface area contributed by atoms with Gasteiger partial charge in [0.2, 0.25) is 0 Å². The lowest BCUT2D eigenvalue weighted by atomic mass is 9.99. The van der Waals surface area contributed by atoms with Crippen LogP contribution in [0.4, 0.5) is 0 Å². The van der Waals surface area contributed by atoms with Crippen LogP contribution in [-0.4, -0.2) is 96.7 Å². The lowest BCUT2D eigenvalue weighted by Gasteiger charge is -2.21. The molecule has 0 amide bonds. The van der Waals surface area contributed by atoms with Gasteiger partial charge in [0.25, 0.3) is 0 Å². The Morgan fingerprint density at radius 1 is 0.315 bits per heavy atom. The van der Waals surface area contributed by atoms with E-state index in [0.717, 1.165) is 114 Å². The number of phosphoric ester groups is 2. The van der Waals surface area contributed by atoms with Crippen LogP contribution >= 0.6 is 15.6 Å². The molecule has 0 fully saturated rings. The number of carbonyl (C=O) groups excluding carboxylic acids is 4. The van der Waals surface area contributed by atoms with Gasteiger partial charge in [0, 0.05) is 25.7 Å². The molecular formula is C70H136O17P2. The van der Waals surface area contributed by atoms with Crippen molar-refractivity contribution >= 4 is 39.5 Å². The predicted octanol–water partition coefficient (Wildman–Crippen LogP) is 19.7. The second-order valence-electron chi connectivity index (χ2n) is 26.7. The summed E-state index contributed by atoms with van der Waals surface area (Å²) in [6.45, 7) is 14.1. The minimum Gasteiger partial charge on any atom is -0.462 e. The molecule has 19 heteroatoms. The molecule has 7 atom stereocenters. The van der Waals surface area contributed by atoms with Crippen LogP contribution in [0.15, 0.2) is 0 Å². The van der Waals surface area contributed by atoms with Gasteiger partial charge >= 0.3 is 39.5 Å². The number of hydrogen-bond acceptors (Lipinski definition) is 15. The normalized spacial score (nSPS) is 14.9.